The average Bonchev–Trinajstić information content (AvgIpc) is 2.87. The monoisotopic (exact) mass is 493 g/mol. The van der Waals surface area contributed by atoms with Gasteiger partial charge in [-0.2, -0.15) is 0 Å². The molecule has 0 unspecified atom stereocenters. The maximum Gasteiger partial charge on any atom is 0.664 e. The molecular weight excluding hydrogens is 466 g/mol. The summed E-state index contributed by atoms with van der Waals surface area (Å²) in [5.74, 6) is 2.85. The number of rotatable bonds is 8. The van der Waals surface area contributed by atoms with E-state index >= 15 is 0 Å². The zero-order valence-corrected chi connectivity index (χ0v) is 20.8. The van der Waals surface area contributed by atoms with Crippen molar-refractivity contribution in [3.63, 3.8) is 0 Å². The minimum Gasteiger partial charge on any atom is -0.430 e. The van der Waals surface area contributed by atoms with Gasteiger partial charge in [0.05, 0.1) is 0 Å². The van der Waals surface area contributed by atoms with Gasteiger partial charge in [-0.05, 0) is 53.7 Å². The Hall–Kier alpha value is -3.59. The molecule has 0 aliphatic rings. The summed E-state index contributed by atoms with van der Waals surface area (Å²) in [5, 5.41) is 7.67. The fraction of sp³-hybridized carbons (Fsp3) is 0.0769. The quantitative estimate of drug-likeness (QED) is 0.249. The largest absolute Gasteiger partial charge is 0.664 e. The van der Waals surface area contributed by atoms with E-state index in [0.717, 1.165) is 11.5 Å². The maximum absolute atomic E-state index is 7.67. The van der Waals surface area contributed by atoms with Gasteiger partial charge in [-0.3, -0.25) is 0 Å². The molecule has 0 aliphatic carbocycles. The lowest BCUT2D eigenvalue weighted by Gasteiger charge is -2.21. The van der Waals surface area contributed by atoms with Crippen LogP contribution in [-0.2, 0) is 0 Å². The van der Waals surface area contributed by atoms with E-state index in [1.807, 2.05) is 104 Å². The van der Waals surface area contributed by atoms with Gasteiger partial charge in [-0.25, -0.2) is 13.8 Å². The molecule has 4 aromatic rings. The summed E-state index contributed by atoms with van der Waals surface area (Å²) in [6.45, 7) is 1.90. The van der Waals surface area contributed by atoms with Crippen LogP contribution >= 0.6 is 15.7 Å². The number of nitrogens with one attached hydrogen (secondary N) is 1. The van der Waals surface area contributed by atoms with Crippen molar-refractivity contribution in [3.8, 4) is 23.0 Å². The summed E-state index contributed by atoms with van der Waals surface area (Å²) in [4.78, 5) is 0. The lowest BCUT2D eigenvalue weighted by molar-refractivity contribution is 0.481. The van der Waals surface area contributed by atoms with Crippen LogP contribution in [-0.4, -0.2) is 13.7 Å². The van der Waals surface area contributed by atoms with Gasteiger partial charge in [0.1, 0.15) is 11.5 Å². The molecule has 4 rings (SSSR count). The van der Waals surface area contributed by atoms with Crippen molar-refractivity contribution in [2.24, 2.45) is 4.74 Å². The molecule has 0 aliphatic heterocycles. The van der Waals surface area contributed by atoms with E-state index in [0.29, 0.717) is 11.5 Å². The first-order valence-electron chi connectivity index (χ1n) is 10.5. The lowest BCUT2D eigenvalue weighted by atomic mass is 10.3. The number of nitrogens with zero attached hydrogens (tertiary/aromatic N) is 1. The molecule has 6 nitrogen and oxygen atoms in total. The zero-order chi connectivity index (χ0) is 24.1. The Kier molecular flexibility index (Phi) is 9.72. The van der Waals surface area contributed by atoms with E-state index in [-0.39, 0.29) is 0 Å². The van der Waals surface area contributed by atoms with Gasteiger partial charge in [0.25, 0.3) is 0 Å². The van der Waals surface area contributed by atoms with Crippen molar-refractivity contribution >= 4 is 15.7 Å². The van der Waals surface area contributed by atoms with E-state index in [1.165, 1.54) is 0 Å². The van der Waals surface area contributed by atoms with Crippen LogP contribution in [0.25, 0.3) is 0 Å². The minimum absolute atomic E-state index is 0.652. The molecule has 174 valence electrons. The van der Waals surface area contributed by atoms with Crippen LogP contribution in [0.5, 0.6) is 23.0 Å². The fourth-order valence-electron chi connectivity index (χ4n) is 2.63. The first kappa shape index (κ1) is 25.0. The van der Waals surface area contributed by atoms with Crippen molar-refractivity contribution in [3.05, 3.63) is 121 Å². The summed E-state index contributed by atoms with van der Waals surface area (Å²) < 4.78 is 26.7. The first-order valence-corrected chi connectivity index (χ1v) is 13.7. The van der Waals surface area contributed by atoms with E-state index in [9.17, 15) is 0 Å². The highest BCUT2D eigenvalue weighted by atomic mass is 31.2. The Labute approximate surface area is 201 Å². The Morgan fingerprint density at radius 3 is 1.15 bits per heavy atom. The molecule has 0 saturated carbocycles. The molecule has 0 bridgehead atoms. The van der Waals surface area contributed by atoms with Crippen LogP contribution < -0.4 is 18.1 Å². The van der Waals surface area contributed by atoms with Gasteiger partial charge in [-0.1, -0.05) is 72.8 Å². The van der Waals surface area contributed by atoms with Gasteiger partial charge >= 0.3 is 15.7 Å². The number of para-hydroxylation sites is 4. The standard InChI is InChI=1S/C14H16NO2P.C12H11NO2P/c1-15-18(2,16-13-9-5-3-6-10-13)17-14-11-7-4-8-12-14;13-16(14-11-7-3-1-4-8-11)15-12-9-5-2-6-10-12/h3-12H,1-2H3;1-10,13H/q;+1. The Morgan fingerprint density at radius 2 is 0.853 bits per heavy atom. The Balaban J connectivity index is 0.000000192. The molecule has 0 amide bonds. The zero-order valence-electron chi connectivity index (χ0n) is 19.0. The summed E-state index contributed by atoms with van der Waals surface area (Å²) in [5.41, 5.74) is 0. The molecule has 0 fully saturated rings. The highest BCUT2D eigenvalue weighted by molar-refractivity contribution is 7.56. The first-order chi connectivity index (χ1) is 16.6. The second-order valence-electron chi connectivity index (χ2n) is 6.88. The third-order valence-electron chi connectivity index (χ3n) is 4.26. The predicted octanol–water partition coefficient (Wildman–Crippen LogP) is 8.65. The molecule has 0 aromatic heterocycles. The lowest BCUT2D eigenvalue weighted by Crippen LogP contribution is -1.99. The van der Waals surface area contributed by atoms with E-state index in [4.69, 9.17) is 23.3 Å². The maximum atomic E-state index is 7.67. The normalized spacial score (nSPS) is 10.2. The van der Waals surface area contributed by atoms with Crippen molar-refractivity contribution < 1.29 is 18.1 Å². The summed E-state index contributed by atoms with van der Waals surface area (Å²) >= 11 is 0. The van der Waals surface area contributed by atoms with Crippen LogP contribution in [0.1, 0.15) is 0 Å². The fourth-order valence-corrected chi connectivity index (χ4v) is 4.52. The third kappa shape index (κ3) is 8.74. The molecule has 34 heavy (non-hydrogen) atoms. The summed E-state index contributed by atoms with van der Waals surface area (Å²) in [6.07, 6.45) is 0. The average molecular weight is 493 g/mol. The van der Waals surface area contributed by atoms with E-state index < -0.39 is 15.7 Å². The number of benzene rings is 4. The van der Waals surface area contributed by atoms with Gasteiger partial charge in [0.15, 0.2) is 11.5 Å². The van der Waals surface area contributed by atoms with Crippen molar-refractivity contribution in [2.75, 3.05) is 13.7 Å². The van der Waals surface area contributed by atoms with Gasteiger partial charge in [-0.15, -0.1) is 0 Å². The molecule has 8 heteroatoms. The predicted molar refractivity (Wildman–Crippen MR) is 139 cm³/mol. The Morgan fingerprint density at radius 1 is 0.559 bits per heavy atom. The molecule has 4 aromatic carbocycles. The number of hydrogen-bond acceptors (Lipinski definition) is 6. The van der Waals surface area contributed by atoms with E-state index in [2.05, 4.69) is 4.74 Å². The van der Waals surface area contributed by atoms with Crippen LogP contribution in [0.4, 0.5) is 0 Å². The topological polar surface area (TPSA) is 73.1 Å². The van der Waals surface area contributed by atoms with Gasteiger partial charge < -0.3 is 9.05 Å². The smallest absolute Gasteiger partial charge is 0.430 e. The highest BCUT2D eigenvalue weighted by Crippen LogP contribution is 2.47. The van der Waals surface area contributed by atoms with Gasteiger partial charge in [0.2, 0.25) is 0 Å². The third-order valence-corrected chi connectivity index (χ3v) is 6.84. The minimum atomic E-state index is -2.27. The molecule has 0 radical (unpaired) electrons. The molecule has 0 spiro atoms. The van der Waals surface area contributed by atoms with E-state index in [1.54, 1.807) is 31.3 Å². The molecule has 0 saturated heterocycles. The van der Waals surface area contributed by atoms with Crippen molar-refractivity contribution in [1.29, 1.82) is 5.16 Å². The molecule has 0 heterocycles. The SMILES string of the molecule is CN=P(C)(Oc1ccccc1)Oc1ccccc1.N=[P+](Oc1ccccc1)Oc1ccccc1. The number of hydrogen-bond donors (Lipinski definition) is 1. The molecular formula is C26H27N2O4P2+. The molecule has 1 N–H and O–H groups in total. The van der Waals surface area contributed by atoms with Gasteiger partial charge in [0, 0.05) is 13.7 Å². The van der Waals surface area contributed by atoms with Crippen molar-refractivity contribution in [2.45, 2.75) is 0 Å². The van der Waals surface area contributed by atoms with Crippen LogP contribution in [0.2, 0.25) is 0 Å². The second-order valence-corrected chi connectivity index (χ2v) is 10.1. The second kappa shape index (κ2) is 13.2. The highest BCUT2D eigenvalue weighted by Gasteiger charge is 2.18. The Bertz CT molecular complexity index is 1100. The summed E-state index contributed by atoms with van der Waals surface area (Å²) in [7, 11) is -2.23. The van der Waals surface area contributed by atoms with Crippen LogP contribution in [0.3, 0.4) is 0 Å². The summed E-state index contributed by atoms with van der Waals surface area (Å²) in [6, 6.07) is 37.7. The van der Waals surface area contributed by atoms with Crippen LogP contribution in [0.15, 0.2) is 126 Å². The van der Waals surface area contributed by atoms with Crippen LogP contribution in [0, 0.1) is 5.16 Å². The van der Waals surface area contributed by atoms with Crippen molar-refractivity contribution in [1.82, 2.24) is 0 Å². The molecule has 0 atom stereocenters.